The first-order chi connectivity index (χ1) is 14.6. The summed E-state index contributed by atoms with van der Waals surface area (Å²) in [4.78, 5) is 38.8. The molecule has 0 aliphatic carbocycles. The summed E-state index contributed by atoms with van der Waals surface area (Å²) in [6.07, 6.45) is 1.84. The van der Waals surface area contributed by atoms with Gasteiger partial charge in [-0.25, -0.2) is 4.79 Å². The van der Waals surface area contributed by atoms with E-state index in [4.69, 9.17) is 9.47 Å². The average molecular weight is 408 g/mol. The van der Waals surface area contributed by atoms with Gasteiger partial charge in [0, 0.05) is 12.3 Å². The number of benzene rings is 2. The smallest absolute Gasteiger partial charge is 0.337 e. The van der Waals surface area contributed by atoms with Gasteiger partial charge in [-0.3, -0.25) is 9.59 Å². The summed E-state index contributed by atoms with van der Waals surface area (Å²) in [5.41, 5.74) is 1.98. The minimum atomic E-state index is -0.621. The molecule has 2 aliphatic heterocycles. The summed E-state index contributed by atoms with van der Waals surface area (Å²) in [5.74, 6) is -0.802. The van der Waals surface area contributed by atoms with Crippen molar-refractivity contribution in [2.45, 2.75) is 37.5 Å². The predicted molar refractivity (Wildman–Crippen MR) is 110 cm³/mol. The van der Waals surface area contributed by atoms with Crippen molar-refractivity contribution in [3.63, 3.8) is 0 Å². The highest BCUT2D eigenvalue weighted by Crippen LogP contribution is 2.35. The number of nitrogens with zero attached hydrogens (tertiary/aromatic N) is 1. The Balaban J connectivity index is 1.50. The fourth-order valence-electron chi connectivity index (χ4n) is 4.09. The molecule has 0 spiro atoms. The van der Waals surface area contributed by atoms with E-state index in [9.17, 15) is 14.4 Å². The molecule has 2 heterocycles. The van der Waals surface area contributed by atoms with E-state index in [2.05, 4.69) is 5.32 Å². The fraction of sp³-hybridized carbons (Fsp3) is 0.348. The number of amides is 2. The molecule has 2 aromatic carbocycles. The predicted octanol–water partition coefficient (Wildman–Crippen LogP) is 2.09. The molecule has 30 heavy (non-hydrogen) atoms. The summed E-state index contributed by atoms with van der Waals surface area (Å²) >= 11 is 0. The molecule has 2 amide bonds. The Hall–Kier alpha value is -3.19. The van der Waals surface area contributed by atoms with Crippen molar-refractivity contribution >= 4 is 23.5 Å². The molecule has 1 N–H and O–H groups in total. The van der Waals surface area contributed by atoms with Crippen LogP contribution in [0.4, 0.5) is 5.69 Å². The van der Waals surface area contributed by atoms with E-state index in [1.54, 1.807) is 29.2 Å². The Labute approximate surface area is 175 Å². The number of carbonyl (C=O) groups is 3. The molecule has 2 fully saturated rings. The number of hydrogen-bond acceptors (Lipinski definition) is 5. The van der Waals surface area contributed by atoms with Crippen molar-refractivity contribution in [1.29, 1.82) is 0 Å². The number of methoxy groups -OCH3 is 1. The Morgan fingerprint density at radius 2 is 1.87 bits per heavy atom. The topological polar surface area (TPSA) is 84.9 Å². The molecular weight excluding hydrogens is 384 g/mol. The minimum Gasteiger partial charge on any atom is -0.465 e. The lowest BCUT2D eigenvalue weighted by Crippen LogP contribution is -2.74. The van der Waals surface area contributed by atoms with Gasteiger partial charge in [-0.1, -0.05) is 30.3 Å². The third-order valence-electron chi connectivity index (χ3n) is 5.58. The third kappa shape index (κ3) is 3.93. The zero-order valence-corrected chi connectivity index (χ0v) is 16.7. The Morgan fingerprint density at radius 3 is 2.50 bits per heavy atom. The molecule has 2 aromatic rings. The van der Waals surface area contributed by atoms with Crippen molar-refractivity contribution in [1.82, 2.24) is 5.32 Å². The highest BCUT2D eigenvalue weighted by molar-refractivity contribution is 6.07. The Bertz CT molecular complexity index is 922. The number of rotatable bonds is 6. The lowest BCUT2D eigenvalue weighted by Gasteiger charge is -2.49. The molecule has 0 aromatic heterocycles. The summed E-state index contributed by atoms with van der Waals surface area (Å²) in [6.45, 7) is 0.648. The van der Waals surface area contributed by atoms with Gasteiger partial charge in [0.1, 0.15) is 6.04 Å². The van der Waals surface area contributed by atoms with Crippen molar-refractivity contribution in [3.05, 3.63) is 65.7 Å². The number of esters is 1. The molecule has 2 aliphatic rings. The standard InChI is InChI=1S/C23H24N2O5/c1-29-23(28)16-9-11-17(12-10-16)25-21(18-8-5-13-30-18)20(22(25)27)24-19(26)14-15-6-3-2-4-7-15/h2-4,6-7,9-12,18,20-21H,5,8,13-14H2,1H3,(H,24,26)/t18?,20-,21-/m1/s1. The second-order valence-electron chi connectivity index (χ2n) is 7.50. The van der Waals surface area contributed by atoms with E-state index in [1.807, 2.05) is 30.3 Å². The summed E-state index contributed by atoms with van der Waals surface area (Å²) < 4.78 is 10.6. The minimum absolute atomic E-state index is 0.134. The first-order valence-electron chi connectivity index (χ1n) is 10.0. The molecule has 0 radical (unpaired) electrons. The summed E-state index contributed by atoms with van der Waals surface area (Å²) in [6, 6.07) is 15.2. The van der Waals surface area contributed by atoms with Gasteiger partial charge in [0.15, 0.2) is 0 Å². The number of anilines is 1. The van der Waals surface area contributed by atoms with Crippen molar-refractivity contribution in [3.8, 4) is 0 Å². The molecule has 0 saturated carbocycles. The van der Waals surface area contributed by atoms with Crippen molar-refractivity contribution in [2.24, 2.45) is 0 Å². The first kappa shape index (κ1) is 20.1. The van der Waals surface area contributed by atoms with E-state index >= 15 is 0 Å². The van der Waals surface area contributed by atoms with Gasteiger partial charge in [-0.05, 0) is 42.7 Å². The van der Waals surface area contributed by atoms with E-state index in [1.165, 1.54) is 7.11 Å². The molecule has 2 saturated heterocycles. The van der Waals surface area contributed by atoms with E-state index < -0.39 is 12.0 Å². The molecule has 3 atom stereocenters. The van der Waals surface area contributed by atoms with Crippen LogP contribution in [-0.2, 0) is 25.5 Å². The number of hydrogen-bond donors (Lipinski definition) is 1. The van der Waals surface area contributed by atoms with Crippen LogP contribution in [0.2, 0.25) is 0 Å². The summed E-state index contributed by atoms with van der Waals surface area (Å²) in [7, 11) is 1.32. The van der Waals surface area contributed by atoms with Crippen LogP contribution in [0.5, 0.6) is 0 Å². The second-order valence-corrected chi connectivity index (χ2v) is 7.50. The van der Waals surface area contributed by atoms with Gasteiger partial charge in [0.25, 0.3) is 5.91 Å². The van der Waals surface area contributed by atoms with Crippen LogP contribution in [0, 0.1) is 0 Å². The molecule has 156 valence electrons. The van der Waals surface area contributed by atoms with Crippen LogP contribution in [-0.4, -0.2) is 49.7 Å². The van der Waals surface area contributed by atoms with Gasteiger partial charge < -0.3 is 19.7 Å². The van der Waals surface area contributed by atoms with Crippen LogP contribution < -0.4 is 10.2 Å². The molecule has 1 unspecified atom stereocenters. The zero-order chi connectivity index (χ0) is 21.1. The first-order valence-corrected chi connectivity index (χ1v) is 10.0. The number of β-lactam (4-membered cyclic amide) rings is 1. The highest BCUT2D eigenvalue weighted by Gasteiger charge is 2.53. The normalized spacial score (nSPS) is 23.0. The van der Waals surface area contributed by atoms with Gasteiger partial charge >= 0.3 is 5.97 Å². The van der Waals surface area contributed by atoms with Gasteiger partial charge in [-0.2, -0.15) is 0 Å². The average Bonchev–Trinajstić information content (AvgIpc) is 3.30. The third-order valence-corrected chi connectivity index (χ3v) is 5.58. The van der Waals surface area contributed by atoms with Gasteiger partial charge in [-0.15, -0.1) is 0 Å². The van der Waals surface area contributed by atoms with E-state index in [0.717, 1.165) is 18.4 Å². The number of carbonyl (C=O) groups excluding carboxylic acids is 3. The molecule has 4 rings (SSSR count). The van der Waals surface area contributed by atoms with Crippen LogP contribution in [0.1, 0.15) is 28.8 Å². The summed E-state index contributed by atoms with van der Waals surface area (Å²) in [5, 5.41) is 2.90. The van der Waals surface area contributed by atoms with E-state index in [-0.39, 0.29) is 30.4 Å². The molecule has 7 nitrogen and oxygen atoms in total. The largest absolute Gasteiger partial charge is 0.465 e. The zero-order valence-electron chi connectivity index (χ0n) is 16.7. The number of nitrogens with one attached hydrogen (secondary N) is 1. The molecular formula is C23H24N2O5. The van der Waals surface area contributed by atoms with Crippen molar-refractivity contribution < 1.29 is 23.9 Å². The lowest BCUT2D eigenvalue weighted by atomic mass is 9.87. The quantitative estimate of drug-likeness (QED) is 0.585. The maximum atomic E-state index is 13.0. The maximum absolute atomic E-state index is 13.0. The number of ether oxygens (including phenoxy) is 2. The van der Waals surface area contributed by atoms with Gasteiger partial charge in [0.2, 0.25) is 5.91 Å². The second kappa shape index (κ2) is 8.67. The highest BCUT2D eigenvalue weighted by atomic mass is 16.5. The Kier molecular flexibility index (Phi) is 5.81. The molecule has 0 bridgehead atoms. The van der Waals surface area contributed by atoms with E-state index in [0.29, 0.717) is 17.9 Å². The van der Waals surface area contributed by atoms with Crippen molar-refractivity contribution in [2.75, 3.05) is 18.6 Å². The Morgan fingerprint density at radius 1 is 1.13 bits per heavy atom. The van der Waals surface area contributed by atoms with Crippen LogP contribution in [0.25, 0.3) is 0 Å². The van der Waals surface area contributed by atoms with Gasteiger partial charge in [0.05, 0.1) is 31.2 Å². The lowest BCUT2D eigenvalue weighted by molar-refractivity contribution is -0.135. The molecule has 7 heteroatoms. The van der Waals surface area contributed by atoms with Crippen LogP contribution in [0.15, 0.2) is 54.6 Å². The SMILES string of the molecule is COC(=O)c1ccc(N2C(=O)[C@H](NC(=O)Cc3ccccc3)[C@H]2C2CCCO2)cc1. The van der Waals surface area contributed by atoms with Crippen LogP contribution >= 0.6 is 0 Å². The van der Waals surface area contributed by atoms with Crippen LogP contribution in [0.3, 0.4) is 0 Å². The maximum Gasteiger partial charge on any atom is 0.337 e. The monoisotopic (exact) mass is 408 g/mol. The fourth-order valence-corrected chi connectivity index (χ4v) is 4.09.